The standard InChI is InChI=1S/C11H12F6O3/c12-10(13,14)9(19,11(15,16)17)6-20-8(18)7-4-2-1-3-5-7/h1-2,7,19H,3-6H2. The molecule has 0 radical (unpaired) electrons. The molecular weight excluding hydrogens is 294 g/mol. The van der Waals surface area contributed by atoms with Crippen molar-refractivity contribution in [3.05, 3.63) is 12.2 Å². The highest BCUT2D eigenvalue weighted by atomic mass is 19.4. The minimum absolute atomic E-state index is 0.190. The molecule has 0 heterocycles. The highest BCUT2D eigenvalue weighted by Gasteiger charge is 2.71. The second-order valence-electron chi connectivity index (χ2n) is 4.44. The van der Waals surface area contributed by atoms with Gasteiger partial charge in [0.1, 0.15) is 6.61 Å². The van der Waals surface area contributed by atoms with Crippen LogP contribution in [0.2, 0.25) is 0 Å². The van der Waals surface area contributed by atoms with E-state index in [2.05, 4.69) is 4.74 Å². The molecule has 1 aliphatic rings. The van der Waals surface area contributed by atoms with Crippen molar-refractivity contribution in [1.29, 1.82) is 0 Å². The molecule has 20 heavy (non-hydrogen) atoms. The SMILES string of the molecule is O=C(OCC(O)(C(F)(F)F)C(F)(F)F)C1CC=CCC1. The van der Waals surface area contributed by atoms with Crippen LogP contribution in [-0.2, 0) is 9.53 Å². The van der Waals surface area contributed by atoms with E-state index in [4.69, 9.17) is 5.11 Å². The van der Waals surface area contributed by atoms with Crippen LogP contribution in [0.4, 0.5) is 26.3 Å². The monoisotopic (exact) mass is 306 g/mol. The van der Waals surface area contributed by atoms with E-state index in [1.807, 2.05) is 0 Å². The van der Waals surface area contributed by atoms with Gasteiger partial charge in [-0.25, -0.2) is 0 Å². The minimum Gasteiger partial charge on any atom is -0.462 e. The Hall–Kier alpha value is -1.25. The van der Waals surface area contributed by atoms with E-state index in [9.17, 15) is 31.1 Å². The van der Waals surface area contributed by atoms with Gasteiger partial charge in [0.15, 0.2) is 0 Å². The summed E-state index contributed by atoms with van der Waals surface area (Å²) in [5.74, 6) is -1.97. The fraction of sp³-hybridized carbons (Fsp3) is 0.727. The zero-order valence-corrected chi connectivity index (χ0v) is 10.1. The average molecular weight is 306 g/mol. The van der Waals surface area contributed by atoms with E-state index >= 15 is 0 Å². The number of halogens is 6. The Kier molecular flexibility index (Phi) is 4.73. The highest BCUT2D eigenvalue weighted by molar-refractivity contribution is 5.72. The molecule has 0 aromatic rings. The van der Waals surface area contributed by atoms with E-state index in [1.54, 1.807) is 12.2 Å². The molecular formula is C11H12F6O3. The fourth-order valence-electron chi connectivity index (χ4n) is 1.63. The minimum atomic E-state index is -5.99. The summed E-state index contributed by atoms with van der Waals surface area (Å²) >= 11 is 0. The van der Waals surface area contributed by atoms with Crippen molar-refractivity contribution < 1.29 is 41.0 Å². The van der Waals surface area contributed by atoms with Gasteiger partial charge < -0.3 is 9.84 Å². The lowest BCUT2D eigenvalue weighted by Gasteiger charge is -2.32. The van der Waals surface area contributed by atoms with Crippen LogP contribution in [0.5, 0.6) is 0 Å². The summed E-state index contributed by atoms with van der Waals surface area (Å²) in [6, 6.07) is 0. The Labute approximate surface area is 110 Å². The van der Waals surface area contributed by atoms with Gasteiger partial charge in [0.25, 0.3) is 5.60 Å². The van der Waals surface area contributed by atoms with E-state index < -0.39 is 36.4 Å². The van der Waals surface area contributed by atoms with Crippen molar-refractivity contribution in [2.24, 2.45) is 5.92 Å². The van der Waals surface area contributed by atoms with Crippen LogP contribution in [-0.4, -0.2) is 35.6 Å². The maximum atomic E-state index is 12.3. The smallest absolute Gasteiger partial charge is 0.429 e. The van der Waals surface area contributed by atoms with Crippen molar-refractivity contribution in [2.45, 2.75) is 37.2 Å². The zero-order valence-electron chi connectivity index (χ0n) is 10.1. The predicted octanol–water partition coefficient (Wildman–Crippen LogP) is 2.74. The first-order chi connectivity index (χ1) is 8.99. The number of carbonyl (C=O) groups excluding carboxylic acids is 1. The molecule has 1 unspecified atom stereocenters. The molecule has 3 nitrogen and oxygen atoms in total. The third-order valence-corrected chi connectivity index (χ3v) is 2.96. The summed E-state index contributed by atoms with van der Waals surface area (Å²) in [4.78, 5) is 11.4. The van der Waals surface area contributed by atoms with Gasteiger partial charge >= 0.3 is 18.3 Å². The number of esters is 1. The van der Waals surface area contributed by atoms with E-state index in [-0.39, 0.29) is 12.8 Å². The largest absolute Gasteiger partial charge is 0.462 e. The average Bonchev–Trinajstić information content (AvgIpc) is 2.33. The summed E-state index contributed by atoms with van der Waals surface area (Å²) in [6.45, 7) is -2.20. The summed E-state index contributed by atoms with van der Waals surface area (Å²) in [6.07, 6.45) is -7.68. The number of hydrogen-bond donors (Lipinski definition) is 1. The molecule has 0 amide bonds. The number of rotatable bonds is 3. The molecule has 0 aromatic carbocycles. The summed E-state index contributed by atoms with van der Waals surface area (Å²) in [5, 5.41) is 8.79. The van der Waals surface area contributed by atoms with Gasteiger partial charge in [-0.15, -0.1) is 0 Å². The molecule has 1 aliphatic carbocycles. The number of aliphatic hydroxyl groups is 1. The van der Waals surface area contributed by atoms with Crippen molar-refractivity contribution in [3.8, 4) is 0 Å². The third-order valence-electron chi connectivity index (χ3n) is 2.96. The molecule has 0 aromatic heterocycles. The van der Waals surface area contributed by atoms with E-state index in [0.717, 1.165) is 0 Å². The fourth-order valence-corrected chi connectivity index (χ4v) is 1.63. The quantitative estimate of drug-likeness (QED) is 0.495. The second-order valence-corrected chi connectivity index (χ2v) is 4.44. The predicted molar refractivity (Wildman–Crippen MR) is 54.5 cm³/mol. The topological polar surface area (TPSA) is 46.5 Å². The Morgan fingerprint density at radius 3 is 2.10 bits per heavy atom. The molecule has 0 saturated carbocycles. The number of hydrogen-bond acceptors (Lipinski definition) is 3. The van der Waals surface area contributed by atoms with Crippen LogP contribution >= 0.6 is 0 Å². The Morgan fingerprint density at radius 2 is 1.70 bits per heavy atom. The van der Waals surface area contributed by atoms with Crippen LogP contribution < -0.4 is 0 Å². The normalized spacial score (nSPS) is 20.9. The Bertz CT molecular complexity index is 371. The van der Waals surface area contributed by atoms with Crippen molar-refractivity contribution in [3.63, 3.8) is 0 Å². The molecule has 0 saturated heterocycles. The molecule has 0 aliphatic heterocycles. The van der Waals surface area contributed by atoms with Gasteiger partial charge in [-0.05, 0) is 19.3 Å². The van der Waals surface area contributed by atoms with Crippen LogP contribution in [0.1, 0.15) is 19.3 Å². The summed E-state index contributed by atoms with van der Waals surface area (Å²) in [5.41, 5.74) is -5.06. The highest BCUT2D eigenvalue weighted by Crippen LogP contribution is 2.43. The summed E-state index contributed by atoms with van der Waals surface area (Å²) in [7, 11) is 0. The van der Waals surface area contributed by atoms with Crippen LogP contribution in [0.15, 0.2) is 12.2 Å². The van der Waals surface area contributed by atoms with Gasteiger partial charge in [0, 0.05) is 0 Å². The molecule has 9 heteroatoms. The molecule has 1 rings (SSSR count). The maximum Gasteiger partial charge on any atom is 0.429 e. The van der Waals surface area contributed by atoms with Crippen molar-refractivity contribution >= 4 is 5.97 Å². The first-order valence-electron chi connectivity index (χ1n) is 5.66. The molecule has 116 valence electrons. The lowest BCUT2D eigenvalue weighted by molar-refractivity contribution is -0.375. The number of ether oxygens (including phenoxy) is 1. The third kappa shape index (κ3) is 3.44. The zero-order chi connectivity index (χ0) is 15.6. The van der Waals surface area contributed by atoms with E-state index in [1.165, 1.54) is 0 Å². The van der Waals surface area contributed by atoms with Gasteiger partial charge in [0.05, 0.1) is 5.92 Å². The lowest BCUT2D eigenvalue weighted by atomic mass is 9.94. The number of allylic oxidation sites excluding steroid dienone is 2. The van der Waals surface area contributed by atoms with Gasteiger partial charge in [0.2, 0.25) is 0 Å². The Morgan fingerprint density at radius 1 is 1.15 bits per heavy atom. The molecule has 1 N–H and O–H groups in total. The number of carbonyl (C=O) groups is 1. The maximum absolute atomic E-state index is 12.3. The van der Waals surface area contributed by atoms with Gasteiger partial charge in [-0.1, -0.05) is 12.2 Å². The first-order valence-corrected chi connectivity index (χ1v) is 5.66. The molecule has 0 fully saturated rings. The van der Waals surface area contributed by atoms with Gasteiger partial charge in [-0.3, -0.25) is 4.79 Å². The molecule has 0 spiro atoms. The van der Waals surface area contributed by atoms with Crippen LogP contribution in [0.3, 0.4) is 0 Å². The van der Waals surface area contributed by atoms with Gasteiger partial charge in [-0.2, -0.15) is 26.3 Å². The molecule has 0 bridgehead atoms. The van der Waals surface area contributed by atoms with E-state index in [0.29, 0.717) is 6.42 Å². The molecule has 1 atom stereocenters. The van der Waals surface area contributed by atoms with Crippen LogP contribution in [0.25, 0.3) is 0 Å². The summed E-state index contributed by atoms with van der Waals surface area (Å²) < 4.78 is 78.0. The lowest BCUT2D eigenvalue weighted by Crippen LogP contribution is -2.60. The first kappa shape index (κ1) is 16.8. The van der Waals surface area contributed by atoms with Crippen LogP contribution in [0, 0.1) is 5.92 Å². The van der Waals surface area contributed by atoms with Crippen molar-refractivity contribution in [2.75, 3.05) is 6.61 Å². The second kappa shape index (κ2) is 5.63. The number of alkyl halides is 6. The van der Waals surface area contributed by atoms with Crippen molar-refractivity contribution in [1.82, 2.24) is 0 Å². The Balaban J connectivity index is 2.73.